The summed E-state index contributed by atoms with van der Waals surface area (Å²) in [5.41, 5.74) is -0.494. The zero-order valence-corrected chi connectivity index (χ0v) is 18.1. The van der Waals surface area contributed by atoms with Gasteiger partial charge in [-0.25, -0.2) is 9.59 Å². The molecule has 2 heterocycles. The van der Waals surface area contributed by atoms with E-state index in [2.05, 4.69) is 9.72 Å². The van der Waals surface area contributed by atoms with Crippen molar-refractivity contribution in [3.63, 3.8) is 0 Å². The van der Waals surface area contributed by atoms with Crippen LogP contribution >= 0.6 is 0 Å². The van der Waals surface area contributed by atoms with Gasteiger partial charge >= 0.3 is 18.4 Å². The van der Waals surface area contributed by atoms with Gasteiger partial charge in [0.1, 0.15) is 11.3 Å². The van der Waals surface area contributed by atoms with E-state index in [4.69, 9.17) is 0 Å². The zero-order valence-electron chi connectivity index (χ0n) is 18.1. The molecule has 11 heteroatoms. The van der Waals surface area contributed by atoms with Crippen molar-refractivity contribution < 1.29 is 37.7 Å². The number of aromatic nitrogens is 1. The number of carboxylic acids is 1. The van der Waals surface area contributed by atoms with E-state index in [1.807, 2.05) is 24.3 Å². The standard InChI is InChI=1S/C23H20F3N3O5/c1-22(2)20(32)29(14-7-8-18(34-23(24,25)26)16(11-14)19(30)31)21(33)28(22)12-13-9-10-27-17-6-4-3-5-15(13)17/h3-11,20,32H,12H2,1-2H3,(H,30,31). The Balaban J connectivity index is 1.71. The minimum Gasteiger partial charge on any atom is -0.478 e. The number of urea groups is 1. The van der Waals surface area contributed by atoms with Crippen molar-refractivity contribution in [2.75, 3.05) is 4.90 Å². The lowest BCUT2D eigenvalue weighted by molar-refractivity contribution is -0.274. The molecule has 178 valence electrons. The highest BCUT2D eigenvalue weighted by molar-refractivity contribution is 5.99. The fraction of sp³-hybridized carbons (Fsp3) is 0.261. The van der Waals surface area contributed by atoms with Gasteiger partial charge in [0.05, 0.1) is 11.1 Å². The minimum absolute atomic E-state index is 0.0837. The van der Waals surface area contributed by atoms with Crippen molar-refractivity contribution in [3.8, 4) is 5.75 Å². The Morgan fingerprint density at radius 3 is 2.56 bits per heavy atom. The third kappa shape index (κ3) is 4.10. The molecule has 0 saturated carbocycles. The van der Waals surface area contributed by atoms with Crippen LogP contribution in [0.25, 0.3) is 10.9 Å². The summed E-state index contributed by atoms with van der Waals surface area (Å²) in [5.74, 6) is -2.61. The first-order valence-electron chi connectivity index (χ1n) is 10.1. The molecule has 2 N–H and O–H groups in total. The summed E-state index contributed by atoms with van der Waals surface area (Å²) in [6.45, 7) is 3.39. The van der Waals surface area contributed by atoms with Gasteiger partial charge in [-0.15, -0.1) is 13.2 Å². The molecule has 2 aromatic carbocycles. The Hall–Kier alpha value is -3.86. The van der Waals surface area contributed by atoms with Crippen LogP contribution in [0.5, 0.6) is 5.75 Å². The maximum absolute atomic E-state index is 13.4. The van der Waals surface area contributed by atoms with E-state index in [0.717, 1.165) is 39.6 Å². The van der Waals surface area contributed by atoms with E-state index in [1.165, 1.54) is 4.90 Å². The third-order valence-corrected chi connectivity index (χ3v) is 5.77. The van der Waals surface area contributed by atoms with Crippen LogP contribution in [0.4, 0.5) is 23.7 Å². The van der Waals surface area contributed by atoms with Crippen LogP contribution in [-0.2, 0) is 6.54 Å². The monoisotopic (exact) mass is 475 g/mol. The van der Waals surface area contributed by atoms with E-state index in [0.29, 0.717) is 0 Å². The minimum atomic E-state index is -5.10. The summed E-state index contributed by atoms with van der Waals surface area (Å²) in [5, 5.41) is 21.2. The van der Waals surface area contributed by atoms with E-state index >= 15 is 0 Å². The van der Waals surface area contributed by atoms with Crippen LogP contribution < -0.4 is 9.64 Å². The number of carbonyl (C=O) groups excluding carboxylic acids is 1. The van der Waals surface area contributed by atoms with Gasteiger partial charge < -0.3 is 19.8 Å². The maximum Gasteiger partial charge on any atom is 0.573 e. The number of benzene rings is 2. The van der Waals surface area contributed by atoms with Gasteiger partial charge in [-0.3, -0.25) is 9.88 Å². The van der Waals surface area contributed by atoms with Crippen LogP contribution in [-0.4, -0.2) is 50.2 Å². The average Bonchev–Trinajstić information content (AvgIpc) is 2.92. The van der Waals surface area contributed by atoms with Gasteiger partial charge in [-0.2, -0.15) is 0 Å². The molecule has 1 saturated heterocycles. The maximum atomic E-state index is 13.4. The molecule has 34 heavy (non-hydrogen) atoms. The Labute approximate surface area is 191 Å². The van der Waals surface area contributed by atoms with E-state index < -0.39 is 41.4 Å². The van der Waals surface area contributed by atoms with Crippen molar-refractivity contribution in [1.82, 2.24) is 9.88 Å². The third-order valence-electron chi connectivity index (χ3n) is 5.77. The zero-order chi connectivity index (χ0) is 24.8. The number of ether oxygens (including phenoxy) is 1. The molecule has 1 fully saturated rings. The predicted octanol–water partition coefficient (Wildman–Crippen LogP) is 4.37. The number of aromatic carboxylic acids is 1. The Kier molecular flexibility index (Phi) is 5.60. The van der Waals surface area contributed by atoms with Gasteiger partial charge in [0, 0.05) is 23.8 Å². The Morgan fingerprint density at radius 1 is 1.18 bits per heavy atom. The number of anilines is 1. The van der Waals surface area contributed by atoms with Crippen molar-refractivity contribution in [2.45, 2.75) is 38.5 Å². The molecule has 1 unspecified atom stereocenters. The number of hydrogen-bond acceptors (Lipinski definition) is 5. The summed E-state index contributed by atoms with van der Waals surface area (Å²) in [6, 6.07) is 11.2. The summed E-state index contributed by atoms with van der Waals surface area (Å²) < 4.78 is 41.7. The van der Waals surface area contributed by atoms with Crippen LogP contribution in [0.15, 0.2) is 54.7 Å². The van der Waals surface area contributed by atoms with E-state index in [9.17, 15) is 33.0 Å². The molecule has 1 atom stereocenters. The molecular formula is C23H20F3N3O5. The number of halogens is 3. The number of carboxylic acid groups (broad SMARTS) is 1. The number of aliphatic hydroxyl groups excluding tert-OH is 1. The number of para-hydroxylation sites is 1. The second kappa shape index (κ2) is 8.17. The van der Waals surface area contributed by atoms with Gasteiger partial charge in [0.2, 0.25) is 0 Å². The number of alkyl halides is 3. The molecule has 2 amide bonds. The Bertz CT molecular complexity index is 1270. The first-order chi connectivity index (χ1) is 15.9. The molecule has 1 aliphatic heterocycles. The molecule has 0 bridgehead atoms. The van der Waals surface area contributed by atoms with Gasteiger partial charge in [0.15, 0.2) is 6.23 Å². The molecule has 1 aromatic heterocycles. The van der Waals surface area contributed by atoms with E-state index in [1.54, 1.807) is 26.1 Å². The molecule has 0 spiro atoms. The smallest absolute Gasteiger partial charge is 0.478 e. The molecular weight excluding hydrogens is 455 g/mol. The van der Waals surface area contributed by atoms with E-state index in [-0.39, 0.29) is 12.2 Å². The number of rotatable bonds is 5. The summed E-state index contributed by atoms with van der Waals surface area (Å²) in [7, 11) is 0. The lowest BCUT2D eigenvalue weighted by Crippen LogP contribution is -2.46. The highest BCUT2D eigenvalue weighted by atomic mass is 19.4. The highest BCUT2D eigenvalue weighted by Crippen LogP contribution is 2.39. The Morgan fingerprint density at radius 2 is 1.88 bits per heavy atom. The molecule has 8 nitrogen and oxygen atoms in total. The van der Waals surface area contributed by atoms with Crippen molar-refractivity contribution in [1.29, 1.82) is 0 Å². The largest absolute Gasteiger partial charge is 0.573 e. The highest BCUT2D eigenvalue weighted by Gasteiger charge is 2.51. The summed E-state index contributed by atoms with van der Waals surface area (Å²) >= 11 is 0. The predicted molar refractivity (Wildman–Crippen MR) is 115 cm³/mol. The molecule has 4 rings (SSSR count). The fourth-order valence-corrected chi connectivity index (χ4v) is 3.97. The number of aliphatic hydroxyl groups is 1. The lowest BCUT2D eigenvalue weighted by Gasteiger charge is -2.32. The van der Waals surface area contributed by atoms with Crippen LogP contribution in [0, 0.1) is 0 Å². The molecule has 3 aromatic rings. The van der Waals surface area contributed by atoms with Crippen molar-refractivity contribution in [2.24, 2.45) is 0 Å². The second-order valence-corrected chi connectivity index (χ2v) is 8.29. The quantitative estimate of drug-likeness (QED) is 0.568. The number of pyridine rings is 1. The lowest BCUT2D eigenvalue weighted by atomic mass is 10.0. The molecule has 0 radical (unpaired) electrons. The van der Waals surface area contributed by atoms with Crippen molar-refractivity contribution in [3.05, 3.63) is 65.9 Å². The topological polar surface area (TPSA) is 103 Å². The van der Waals surface area contributed by atoms with Gasteiger partial charge in [0.25, 0.3) is 0 Å². The normalized spacial score (nSPS) is 17.9. The summed E-state index contributed by atoms with van der Waals surface area (Å²) in [4.78, 5) is 31.6. The second-order valence-electron chi connectivity index (χ2n) is 8.29. The number of hydrogen-bond donors (Lipinski definition) is 2. The number of carbonyl (C=O) groups is 2. The molecule has 1 aliphatic rings. The van der Waals surface area contributed by atoms with Crippen LogP contribution in [0.3, 0.4) is 0 Å². The van der Waals surface area contributed by atoms with Crippen LogP contribution in [0.2, 0.25) is 0 Å². The van der Waals surface area contributed by atoms with Gasteiger partial charge in [-0.1, -0.05) is 18.2 Å². The first-order valence-corrected chi connectivity index (χ1v) is 10.1. The van der Waals surface area contributed by atoms with Crippen LogP contribution in [0.1, 0.15) is 29.8 Å². The van der Waals surface area contributed by atoms with Gasteiger partial charge in [-0.05, 0) is 49.7 Å². The number of amides is 2. The van der Waals surface area contributed by atoms with Crippen molar-refractivity contribution >= 4 is 28.6 Å². The average molecular weight is 475 g/mol. The fourth-order valence-electron chi connectivity index (χ4n) is 3.97. The SMILES string of the molecule is CC1(C)C(O)N(c2ccc(OC(F)(F)F)c(C(=O)O)c2)C(=O)N1Cc1ccnc2ccccc12. The number of nitrogens with zero attached hydrogens (tertiary/aromatic N) is 3. The first kappa shape index (κ1) is 23.3. The number of fused-ring (bicyclic) bond motifs is 1. The summed E-state index contributed by atoms with van der Waals surface area (Å²) in [6.07, 6.45) is -4.90. The molecule has 0 aliphatic carbocycles.